The van der Waals surface area contributed by atoms with E-state index in [0.717, 1.165) is 25.0 Å². The zero-order valence-electron chi connectivity index (χ0n) is 12.6. The second kappa shape index (κ2) is 5.47. The Labute approximate surface area is 121 Å². The molecule has 1 fully saturated rings. The van der Waals surface area contributed by atoms with Crippen LogP contribution in [0.4, 0.5) is 0 Å². The molecule has 1 aromatic carbocycles. The molecule has 2 N–H and O–H groups in total. The van der Waals surface area contributed by atoms with Gasteiger partial charge in [-0.1, -0.05) is 30.7 Å². The number of rotatable bonds is 1. The maximum absolute atomic E-state index is 6.24. The summed E-state index contributed by atoms with van der Waals surface area (Å²) in [7, 11) is 0. The lowest BCUT2D eigenvalue weighted by Crippen LogP contribution is -2.34. The van der Waals surface area contributed by atoms with Crippen molar-refractivity contribution in [1.82, 2.24) is 4.90 Å². The highest BCUT2D eigenvalue weighted by Crippen LogP contribution is 2.27. The minimum Gasteiger partial charge on any atom is -0.370 e. The highest BCUT2D eigenvalue weighted by atomic mass is 15.3. The Balaban J connectivity index is 1.66. The van der Waals surface area contributed by atoms with Crippen molar-refractivity contribution in [2.24, 2.45) is 16.6 Å². The van der Waals surface area contributed by atoms with E-state index in [2.05, 4.69) is 36.9 Å². The molecular weight excluding hydrogens is 246 g/mol. The quantitative estimate of drug-likeness (QED) is 0.629. The lowest BCUT2D eigenvalue weighted by Gasteiger charge is -2.25. The van der Waals surface area contributed by atoms with Gasteiger partial charge in [-0.3, -0.25) is 0 Å². The Kier molecular flexibility index (Phi) is 3.68. The summed E-state index contributed by atoms with van der Waals surface area (Å²) < 4.78 is 0. The first-order chi connectivity index (χ1) is 9.61. The molecule has 3 heteroatoms. The van der Waals surface area contributed by atoms with Crippen LogP contribution in [0, 0.1) is 12.8 Å². The Hall–Kier alpha value is -1.51. The van der Waals surface area contributed by atoms with Crippen LogP contribution in [0.2, 0.25) is 0 Å². The van der Waals surface area contributed by atoms with E-state index in [0.29, 0.717) is 6.04 Å². The maximum atomic E-state index is 6.24. The van der Waals surface area contributed by atoms with Crippen molar-refractivity contribution in [3.8, 4) is 0 Å². The fourth-order valence-electron chi connectivity index (χ4n) is 3.33. The number of aryl methyl sites for hydroxylation is 1. The van der Waals surface area contributed by atoms with Gasteiger partial charge in [0, 0.05) is 13.1 Å². The van der Waals surface area contributed by atoms with Gasteiger partial charge >= 0.3 is 0 Å². The summed E-state index contributed by atoms with van der Waals surface area (Å²) in [5, 5.41) is 0. The summed E-state index contributed by atoms with van der Waals surface area (Å²) in [5.41, 5.74) is 10.4. The van der Waals surface area contributed by atoms with Crippen molar-refractivity contribution in [3.63, 3.8) is 0 Å². The average molecular weight is 271 g/mol. The zero-order chi connectivity index (χ0) is 14.1. The molecule has 2 aliphatic rings. The van der Waals surface area contributed by atoms with Gasteiger partial charge in [-0.25, -0.2) is 4.99 Å². The largest absolute Gasteiger partial charge is 0.370 e. The van der Waals surface area contributed by atoms with Gasteiger partial charge < -0.3 is 10.6 Å². The Bertz CT molecular complexity index is 513. The average Bonchev–Trinajstić information content (AvgIpc) is 2.84. The zero-order valence-corrected chi connectivity index (χ0v) is 12.6. The summed E-state index contributed by atoms with van der Waals surface area (Å²) in [6.07, 6.45) is 4.98. The molecular formula is C17H25N3. The summed E-state index contributed by atoms with van der Waals surface area (Å²) in [5.74, 6) is 1.60. The van der Waals surface area contributed by atoms with E-state index in [1.165, 1.54) is 42.4 Å². The number of fused-ring (bicyclic) bond motifs is 1. The smallest absolute Gasteiger partial charge is 0.192 e. The number of hydrogen-bond acceptors (Lipinski definition) is 1. The summed E-state index contributed by atoms with van der Waals surface area (Å²) in [6, 6.07) is 7.11. The highest BCUT2D eigenvalue weighted by Gasteiger charge is 2.22. The third kappa shape index (κ3) is 2.82. The molecule has 0 saturated heterocycles. The Morgan fingerprint density at radius 1 is 1.15 bits per heavy atom. The number of hydrogen-bond donors (Lipinski definition) is 1. The molecule has 0 amide bonds. The standard InChI is InChI=1S/C17H25N3/c1-12-4-7-16(8-5-12)19-17(18)20-10-14-6-3-13(2)9-15(14)11-20/h3,6,9,12,16H,4-5,7-8,10-11H2,1-2H3,(H2,18,19). The van der Waals surface area contributed by atoms with Crippen LogP contribution < -0.4 is 5.73 Å². The van der Waals surface area contributed by atoms with E-state index in [1.807, 2.05) is 0 Å². The van der Waals surface area contributed by atoms with Gasteiger partial charge in [0.1, 0.15) is 0 Å². The van der Waals surface area contributed by atoms with Crippen molar-refractivity contribution in [2.45, 2.75) is 58.7 Å². The maximum Gasteiger partial charge on any atom is 0.192 e. The van der Waals surface area contributed by atoms with E-state index < -0.39 is 0 Å². The second-order valence-electron chi connectivity index (χ2n) is 6.53. The van der Waals surface area contributed by atoms with Crippen LogP contribution >= 0.6 is 0 Å². The molecule has 1 heterocycles. The van der Waals surface area contributed by atoms with Gasteiger partial charge in [-0.15, -0.1) is 0 Å². The highest BCUT2D eigenvalue weighted by molar-refractivity contribution is 5.79. The fourth-order valence-corrected chi connectivity index (χ4v) is 3.33. The Morgan fingerprint density at radius 3 is 2.60 bits per heavy atom. The van der Waals surface area contributed by atoms with E-state index in [-0.39, 0.29) is 0 Å². The van der Waals surface area contributed by atoms with E-state index in [4.69, 9.17) is 10.7 Å². The molecule has 0 spiro atoms. The van der Waals surface area contributed by atoms with Gasteiger partial charge in [-0.05, 0) is 49.7 Å². The molecule has 1 aliphatic heterocycles. The lowest BCUT2D eigenvalue weighted by atomic mass is 9.88. The first kappa shape index (κ1) is 13.5. The molecule has 0 aromatic heterocycles. The van der Waals surface area contributed by atoms with Gasteiger partial charge in [0.05, 0.1) is 6.04 Å². The van der Waals surface area contributed by atoms with Crippen LogP contribution in [-0.2, 0) is 13.1 Å². The van der Waals surface area contributed by atoms with Gasteiger partial charge in [0.15, 0.2) is 5.96 Å². The third-order valence-electron chi connectivity index (χ3n) is 4.71. The molecule has 0 unspecified atom stereocenters. The van der Waals surface area contributed by atoms with Gasteiger partial charge in [-0.2, -0.15) is 0 Å². The number of nitrogens with zero attached hydrogens (tertiary/aromatic N) is 2. The van der Waals surface area contributed by atoms with Crippen molar-refractivity contribution in [3.05, 3.63) is 34.9 Å². The van der Waals surface area contributed by atoms with Crippen LogP contribution in [-0.4, -0.2) is 16.9 Å². The van der Waals surface area contributed by atoms with Crippen molar-refractivity contribution in [1.29, 1.82) is 0 Å². The van der Waals surface area contributed by atoms with Crippen LogP contribution in [0.25, 0.3) is 0 Å². The minimum atomic E-state index is 0.441. The minimum absolute atomic E-state index is 0.441. The molecule has 1 aromatic rings. The van der Waals surface area contributed by atoms with Gasteiger partial charge in [0.2, 0.25) is 0 Å². The van der Waals surface area contributed by atoms with Crippen LogP contribution in [0.5, 0.6) is 0 Å². The molecule has 0 atom stereocenters. The predicted molar refractivity (Wildman–Crippen MR) is 83.5 cm³/mol. The SMILES string of the molecule is Cc1ccc2c(c1)CN(C(N)=NC1CCC(C)CC1)C2. The van der Waals surface area contributed by atoms with Crippen molar-refractivity contribution in [2.75, 3.05) is 0 Å². The Morgan fingerprint density at radius 2 is 1.85 bits per heavy atom. The molecule has 0 radical (unpaired) electrons. The molecule has 108 valence electrons. The van der Waals surface area contributed by atoms with E-state index >= 15 is 0 Å². The topological polar surface area (TPSA) is 41.6 Å². The fraction of sp³-hybridized carbons (Fsp3) is 0.588. The van der Waals surface area contributed by atoms with Crippen LogP contribution in [0.15, 0.2) is 23.2 Å². The van der Waals surface area contributed by atoms with Crippen LogP contribution in [0.1, 0.15) is 49.3 Å². The number of aliphatic imine (C=N–C) groups is 1. The van der Waals surface area contributed by atoms with Crippen LogP contribution in [0.3, 0.4) is 0 Å². The van der Waals surface area contributed by atoms with E-state index in [9.17, 15) is 0 Å². The lowest BCUT2D eigenvalue weighted by molar-refractivity contribution is 0.343. The van der Waals surface area contributed by atoms with Crippen molar-refractivity contribution >= 4 is 5.96 Å². The summed E-state index contributed by atoms with van der Waals surface area (Å²) in [6.45, 7) is 6.30. The van der Waals surface area contributed by atoms with Crippen molar-refractivity contribution < 1.29 is 0 Å². The van der Waals surface area contributed by atoms with Gasteiger partial charge in [0.25, 0.3) is 0 Å². The molecule has 3 nitrogen and oxygen atoms in total. The first-order valence-corrected chi connectivity index (χ1v) is 7.78. The molecule has 1 saturated carbocycles. The number of benzene rings is 1. The molecule has 1 aliphatic carbocycles. The summed E-state index contributed by atoms with van der Waals surface area (Å²) in [4.78, 5) is 6.99. The monoisotopic (exact) mass is 271 g/mol. The summed E-state index contributed by atoms with van der Waals surface area (Å²) >= 11 is 0. The molecule has 0 bridgehead atoms. The predicted octanol–water partition coefficient (Wildman–Crippen LogP) is 3.20. The first-order valence-electron chi connectivity index (χ1n) is 7.78. The molecule has 20 heavy (non-hydrogen) atoms. The normalized spacial score (nSPS) is 26.7. The number of nitrogens with two attached hydrogens (primary N) is 1. The third-order valence-corrected chi connectivity index (χ3v) is 4.71. The second-order valence-corrected chi connectivity index (χ2v) is 6.53. The number of guanidine groups is 1. The van der Waals surface area contributed by atoms with E-state index in [1.54, 1.807) is 0 Å². The molecule has 3 rings (SSSR count).